The molecule has 0 aromatic rings. The van der Waals surface area contributed by atoms with Crippen molar-refractivity contribution in [1.82, 2.24) is 9.80 Å². The van der Waals surface area contributed by atoms with Gasteiger partial charge in [0, 0.05) is 36.2 Å². The van der Waals surface area contributed by atoms with Crippen LogP contribution < -0.4 is 0 Å². The maximum atomic E-state index is 12.9. The molecule has 2 atom stereocenters. The molecule has 0 aromatic carbocycles. The zero-order valence-corrected chi connectivity index (χ0v) is 24.2. The quantitative estimate of drug-likeness (QED) is 0.289. The second kappa shape index (κ2) is 11.3. The summed E-state index contributed by atoms with van der Waals surface area (Å²) in [6.45, 7) is 26.6. The monoisotopic (exact) mass is 484 g/mol. The SMILES string of the molecule is CC(C)N(C(=O)O/C=C1\[C@H](OC(=O)N(C(C)C)C(C)C)C[C@H]1O[Si](C)(C)C(C)(C)C)C(C)C. The van der Waals surface area contributed by atoms with Crippen molar-refractivity contribution < 1.29 is 23.5 Å². The Hall–Kier alpha value is -1.54. The van der Waals surface area contributed by atoms with Gasteiger partial charge in [-0.05, 0) is 73.5 Å². The van der Waals surface area contributed by atoms with Crippen molar-refractivity contribution in [2.45, 2.75) is 137 Å². The van der Waals surface area contributed by atoms with Crippen molar-refractivity contribution in [3.63, 3.8) is 0 Å². The Morgan fingerprint density at radius 3 is 1.67 bits per heavy atom. The number of nitrogens with zero attached hydrogens (tertiary/aromatic N) is 2. The van der Waals surface area contributed by atoms with Crippen molar-refractivity contribution in [3.05, 3.63) is 11.8 Å². The number of hydrogen-bond acceptors (Lipinski definition) is 5. The number of ether oxygens (including phenoxy) is 2. The third-order valence-electron chi connectivity index (χ3n) is 6.60. The molecule has 1 saturated carbocycles. The fourth-order valence-electron chi connectivity index (χ4n) is 3.83. The lowest BCUT2D eigenvalue weighted by Gasteiger charge is -2.46. The van der Waals surface area contributed by atoms with Crippen LogP contribution in [0.25, 0.3) is 0 Å². The van der Waals surface area contributed by atoms with Crippen LogP contribution in [0.1, 0.15) is 82.6 Å². The molecule has 0 radical (unpaired) electrons. The fraction of sp³-hybridized carbons (Fsp3) is 0.840. The highest BCUT2D eigenvalue weighted by Gasteiger charge is 2.47. The normalized spacial score (nSPS) is 20.5. The molecule has 0 aromatic heterocycles. The lowest BCUT2D eigenvalue weighted by molar-refractivity contribution is -0.000816. The van der Waals surface area contributed by atoms with Gasteiger partial charge in [0.1, 0.15) is 12.4 Å². The zero-order chi connectivity index (χ0) is 25.9. The Kier molecular flexibility index (Phi) is 10.1. The highest BCUT2D eigenvalue weighted by molar-refractivity contribution is 6.74. The van der Waals surface area contributed by atoms with Gasteiger partial charge < -0.3 is 23.7 Å². The van der Waals surface area contributed by atoms with Gasteiger partial charge in [0.2, 0.25) is 0 Å². The molecular formula is C25H48N2O5Si. The predicted molar refractivity (Wildman–Crippen MR) is 136 cm³/mol. The molecule has 1 fully saturated rings. The molecule has 0 unspecified atom stereocenters. The molecule has 0 heterocycles. The minimum atomic E-state index is -2.06. The van der Waals surface area contributed by atoms with Crippen molar-refractivity contribution in [1.29, 1.82) is 0 Å². The molecule has 0 bridgehead atoms. The number of rotatable bonds is 8. The molecule has 33 heavy (non-hydrogen) atoms. The average molecular weight is 485 g/mol. The van der Waals surface area contributed by atoms with E-state index in [1.54, 1.807) is 9.80 Å². The number of amides is 2. The first kappa shape index (κ1) is 29.5. The summed E-state index contributed by atoms with van der Waals surface area (Å²) in [7, 11) is -2.06. The van der Waals surface area contributed by atoms with E-state index in [0.29, 0.717) is 12.0 Å². The van der Waals surface area contributed by atoms with Crippen LogP contribution in [-0.4, -0.2) is 66.7 Å². The molecule has 1 aliphatic carbocycles. The Morgan fingerprint density at radius 2 is 1.27 bits per heavy atom. The molecule has 0 aliphatic heterocycles. The highest BCUT2D eigenvalue weighted by atomic mass is 28.4. The zero-order valence-electron chi connectivity index (χ0n) is 23.2. The first-order chi connectivity index (χ1) is 14.9. The number of hydrogen-bond donors (Lipinski definition) is 0. The number of carbonyl (C=O) groups excluding carboxylic acids is 2. The van der Waals surface area contributed by atoms with Gasteiger partial charge in [-0.25, -0.2) is 9.59 Å². The van der Waals surface area contributed by atoms with Crippen molar-refractivity contribution in [2.24, 2.45) is 0 Å². The third kappa shape index (κ3) is 7.47. The Labute approximate surface area is 202 Å². The van der Waals surface area contributed by atoms with Gasteiger partial charge in [0.25, 0.3) is 0 Å². The summed E-state index contributed by atoms with van der Waals surface area (Å²) < 4.78 is 18.0. The first-order valence-corrected chi connectivity index (χ1v) is 15.2. The molecular weight excluding hydrogens is 436 g/mol. The van der Waals surface area contributed by atoms with E-state index in [0.717, 1.165) is 0 Å². The van der Waals surface area contributed by atoms with E-state index in [9.17, 15) is 9.59 Å². The third-order valence-corrected chi connectivity index (χ3v) is 11.1. The van der Waals surface area contributed by atoms with E-state index in [1.807, 2.05) is 55.4 Å². The number of carbonyl (C=O) groups is 2. The highest BCUT2D eigenvalue weighted by Crippen LogP contribution is 2.42. The van der Waals surface area contributed by atoms with Crippen LogP contribution in [0.2, 0.25) is 18.1 Å². The largest absolute Gasteiger partial charge is 0.441 e. The van der Waals surface area contributed by atoms with Gasteiger partial charge in [-0.1, -0.05) is 20.8 Å². The maximum Gasteiger partial charge on any atom is 0.415 e. The second-order valence-corrected chi connectivity index (χ2v) is 16.4. The van der Waals surface area contributed by atoms with E-state index in [2.05, 4.69) is 33.9 Å². The lowest BCUT2D eigenvalue weighted by Crippen LogP contribution is -2.53. The van der Waals surface area contributed by atoms with Crippen LogP contribution in [-0.2, 0) is 13.9 Å². The molecule has 2 amide bonds. The molecule has 0 N–H and O–H groups in total. The topological polar surface area (TPSA) is 68.3 Å². The summed E-state index contributed by atoms with van der Waals surface area (Å²) in [5.41, 5.74) is 0.710. The summed E-state index contributed by atoms with van der Waals surface area (Å²) in [5.74, 6) is 0. The van der Waals surface area contributed by atoms with Crippen LogP contribution in [0.3, 0.4) is 0 Å². The first-order valence-electron chi connectivity index (χ1n) is 12.3. The molecule has 192 valence electrons. The summed E-state index contributed by atoms with van der Waals surface area (Å²) >= 11 is 0. The predicted octanol–water partition coefficient (Wildman–Crippen LogP) is 6.54. The minimum Gasteiger partial charge on any atom is -0.441 e. The Balaban J connectivity index is 3.12. The van der Waals surface area contributed by atoms with Crippen LogP contribution in [0.15, 0.2) is 11.8 Å². The summed E-state index contributed by atoms with van der Waals surface area (Å²) in [5, 5.41) is 0.0364. The molecule has 7 nitrogen and oxygen atoms in total. The van der Waals surface area contributed by atoms with Gasteiger partial charge in [0.05, 0.1) is 6.10 Å². The molecule has 0 saturated heterocycles. The van der Waals surface area contributed by atoms with Gasteiger partial charge in [-0.15, -0.1) is 0 Å². The summed E-state index contributed by atoms with van der Waals surface area (Å²) in [4.78, 5) is 29.0. The fourth-order valence-corrected chi connectivity index (χ4v) is 5.12. The molecule has 8 heteroatoms. The second-order valence-electron chi connectivity index (χ2n) is 11.7. The van der Waals surface area contributed by atoms with Crippen LogP contribution in [0.5, 0.6) is 0 Å². The van der Waals surface area contributed by atoms with Crippen LogP contribution in [0, 0.1) is 0 Å². The van der Waals surface area contributed by atoms with Crippen molar-refractivity contribution in [3.8, 4) is 0 Å². The van der Waals surface area contributed by atoms with Gasteiger partial charge in [-0.3, -0.25) is 0 Å². The van der Waals surface area contributed by atoms with E-state index in [1.165, 1.54) is 6.26 Å². The Morgan fingerprint density at radius 1 is 0.848 bits per heavy atom. The van der Waals surface area contributed by atoms with Crippen molar-refractivity contribution >= 4 is 20.5 Å². The van der Waals surface area contributed by atoms with Crippen LogP contribution in [0.4, 0.5) is 9.59 Å². The van der Waals surface area contributed by atoms with Gasteiger partial charge in [0.15, 0.2) is 8.32 Å². The van der Waals surface area contributed by atoms with Gasteiger partial charge in [-0.2, -0.15) is 0 Å². The van der Waals surface area contributed by atoms with E-state index >= 15 is 0 Å². The van der Waals surface area contributed by atoms with Gasteiger partial charge >= 0.3 is 12.2 Å². The molecule has 1 aliphatic rings. The molecule has 0 spiro atoms. The van der Waals surface area contributed by atoms with Crippen molar-refractivity contribution in [2.75, 3.05) is 0 Å². The summed E-state index contributed by atoms with van der Waals surface area (Å²) in [6.07, 6.45) is 0.541. The summed E-state index contributed by atoms with van der Waals surface area (Å²) in [6, 6.07) is 0.0622. The smallest absolute Gasteiger partial charge is 0.415 e. The van der Waals surface area contributed by atoms with Crippen LogP contribution >= 0.6 is 0 Å². The Bertz CT molecular complexity index is 694. The average Bonchev–Trinajstić information content (AvgIpc) is 2.58. The van der Waals surface area contributed by atoms with E-state index in [4.69, 9.17) is 13.9 Å². The minimum absolute atomic E-state index is 0.0100. The van der Waals surface area contributed by atoms with E-state index in [-0.39, 0.29) is 41.4 Å². The lowest BCUT2D eigenvalue weighted by atomic mass is 9.86. The maximum absolute atomic E-state index is 12.9. The van der Waals surface area contributed by atoms with E-state index < -0.39 is 20.5 Å². The standard InChI is InChI=1S/C25H48N2O5Si/c1-16(2)26(17(3)4)23(28)30-15-20-21(31-24(29)27(18(5)6)19(7)8)14-22(20)32-33(12,13)25(9,10)11/h15-19,21-22H,14H2,1-13H3/b20-15+/t21-,22-/m1/s1. The molecule has 1 rings (SSSR count).